The van der Waals surface area contributed by atoms with Crippen LogP contribution >= 0.6 is 0 Å². The van der Waals surface area contributed by atoms with E-state index in [1.807, 2.05) is 24.3 Å². The molecule has 1 aliphatic heterocycles. The van der Waals surface area contributed by atoms with Crippen LogP contribution in [0, 0.1) is 5.92 Å². The first-order chi connectivity index (χ1) is 12.8. The van der Waals surface area contributed by atoms with Gasteiger partial charge in [-0.1, -0.05) is 18.9 Å². The van der Waals surface area contributed by atoms with Crippen LogP contribution < -0.4 is 5.32 Å². The first-order valence-electron chi connectivity index (χ1n) is 9.63. The smallest absolute Gasteiger partial charge is 0.228 e. The molecular formula is C20H25N5O. The molecule has 1 aliphatic carbocycles. The third kappa shape index (κ3) is 3.69. The number of carbonyl (C=O) groups is 1. The summed E-state index contributed by atoms with van der Waals surface area (Å²) < 4.78 is 0. The SMILES string of the molecule is O=C(C1CCCC1)N1CCCC[C@H]1c1ccnc(Nc2ccccn2)n1. The molecule has 2 aliphatic rings. The number of likely N-dealkylation sites (tertiary alicyclic amines) is 1. The number of pyridine rings is 1. The number of aromatic nitrogens is 3. The summed E-state index contributed by atoms with van der Waals surface area (Å²) in [5.74, 6) is 1.78. The molecule has 1 atom stereocenters. The first-order valence-corrected chi connectivity index (χ1v) is 9.63. The topological polar surface area (TPSA) is 71.0 Å². The largest absolute Gasteiger partial charge is 0.334 e. The minimum atomic E-state index is 0.0594. The maximum atomic E-state index is 13.0. The fraction of sp³-hybridized carbons (Fsp3) is 0.500. The quantitative estimate of drug-likeness (QED) is 0.906. The summed E-state index contributed by atoms with van der Waals surface area (Å²) in [7, 11) is 0. The van der Waals surface area contributed by atoms with E-state index in [9.17, 15) is 4.79 Å². The Labute approximate surface area is 154 Å². The fourth-order valence-electron chi connectivity index (χ4n) is 4.08. The molecule has 0 aromatic carbocycles. The molecule has 1 saturated carbocycles. The molecule has 26 heavy (non-hydrogen) atoms. The van der Waals surface area contributed by atoms with E-state index in [0.29, 0.717) is 17.7 Å². The highest BCUT2D eigenvalue weighted by Crippen LogP contribution is 2.35. The van der Waals surface area contributed by atoms with Crippen molar-refractivity contribution in [2.24, 2.45) is 5.92 Å². The second-order valence-corrected chi connectivity index (χ2v) is 7.17. The van der Waals surface area contributed by atoms with E-state index in [1.54, 1.807) is 12.4 Å². The van der Waals surface area contributed by atoms with Gasteiger partial charge in [0.05, 0.1) is 11.7 Å². The van der Waals surface area contributed by atoms with Gasteiger partial charge in [0.15, 0.2) is 0 Å². The average molecular weight is 351 g/mol. The summed E-state index contributed by atoms with van der Waals surface area (Å²) in [6.07, 6.45) is 11.1. The van der Waals surface area contributed by atoms with Gasteiger partial charge in [-0.25, -0.2) is 15.0 Å². The fourth-order valence-corrected chi connectivity index (χ4v) is 4.08. The van der Waals surface area contributed by atoms with E-state index in [1.165, 1.54) is 12.8 Å². The summed E-state index contributed by atoms with van der Waals surface area (Å²) in [6.45, 7) is 0.840. The van der Waals surface area contributed by atoms with Gasteiger partial charge < -0.3 is 10.2 Å². The summed E-state index contributed by atoms with van der Waals surface area (Å²) in [5.41, 5.74) is 0.921. The number of amides is 1. The Morgan fingerprint density at radius 3 is 2.65 bits per heavy atom. The number of rotatable bonds is 4. The van der Waals surface area contributed by atoms with E-state index in [0.717, 1.165) is 44.3 Å². The van der Waals surface area contributed by atoms with Crippen molar-refractivity contribution in [3.05, 3.63) is 42.4 Å². The highest BCUT2D eigenvalue weighted by atomic mass is 16.2. The minimum Gasteiger partial charge on any atom is -0.334 e. The third-order valence-electron chi connectivity index (χ3n) is 5.41. The van der Waals surface area contributed by atoms with Gasteiger partial charge >= 0.3 is 0 Å². The van der Waals surface area contributed by atoms with E-state index in [-0.39, 0.29) is 12.0 Å². The second-order valence-electron chi connectivity index (χ2n) is 7.17. The van der Waals surface area contributed by atoms with E-state index < -0.39 is 0 Å². The van der Waals surface area contributed by atoms with Crippen LogP contribution in [-0.2, 0) is 4.79 Å². The minimum absolute atomic E-state index is 0.0594. The zero-order chi connectivity index (χ0) is 17.8. The van der Waals surface area contributed by atoms with Gasteiger partial charge in [0.25, 0.3) is 0 Å². The van der Waals surface area contributed by atoms with Crippen molar-refractivity contribution in [3.63, 3.8) is 0 Å². The lowest BCUT2D eigenvalue weighted by molar-refractivity contribution is -0.139. The van der Waals surface area contributed by atoms with E-state index >= 15 is 0 Å². The third-order valence-corrected chi connectivity index (χ3v) is 5.41. The first kappa shape index (κ1) is 16.9. The molecule has 6 nitrogen and oxygen atoms in total. The Morgan fingerprint density at radius 2 is 1.85 bits per heavy atom. The molecule has 2 fully saturated rings. The van der Waals surface area contributed by atoms with Gasteiger partial charge in [-0.15, -0.1) is 0 Å². The Bertz CT molecular complexity index is 745. The lowest BCUT2D eigenvalue weighted by atomic mass is 9.96. The van der Waals surface area contributed by atoms with Crippen molar-refractivity contribution < 1.29 is 4.79 Å². The van der Waals surface area contributed by atoms with Gasteiger partial charge in [0.1, 0.15) is 5.82 Å². The molecule has 1 amide bonds. The summed E-state index contributed by atoms with van der Waals surface area (Å²) >= 11 is 0. The van der Waals surface area contributed by atoms with Crippen LogP contribution in [0.1, 0.15) is 56.7 Å². The van der Waals surface area contributed by atoms with Gasteiger partial charge in [0.2, 0.25) is 11.9 Å². The van der Waals surface area contributed by atoms with Crippen LogP contribution in [0.2, 0.25) is 0 Å². The average Bonchev–Trinajstić information content (AvgIpc) is 3.23. The molecule has 0 radical (unpaired) electrons. The Morgan fingerprint density at radius 1 is 1.00 bits per heavy atom. The van der Waals surface area contributed by atoms with Gasteiger partial charge in [-0.05, 0) is 50.3 Å². The number of hydrogen-bond acceptors (Lipinski definition) is 5. The standard InChI is InChI=1S/C20H25N5O/c26-19(15-7-1-2-8-15)25-14-6-4-9-17(25)16-11-13-22-20(23-16)24-18-10-3-5-12-21-18/h3,5,10-13,15,17H,1-2,4,6-9,14H2,(H,21,22,23,24)/t17-/m0/s1. The van der Waals surface area contributed by atoms with Crippen molar-refractivity contribution in [1.29, 1.82) is 0 Å². The predicted molar refractivity (Wildman–Crippen MR) is 99.8 cm³/mol. The van der Waals surface area contributed by atoms with Crippen molar-refractivity contribution in [3.8, 4) is 0 Å². The maximum Gasteiger partial charge on any atom is 0.228 e. The Hall–Kier alpha value is -2.50. The van der Waals surface area contributed by atoms with Crippen LogP contribution in [0.4, 0.5) is 11.8 Å². The predicted octanol–water partition coefficient (Wildman–Crippen LogP) is 3.86. The van der Waals surface area contributed by atoms with Crippen molar-refractivity contribution in [2.45, 2.75) is 51.0 Å². The lowest BCUT2D eigenvalue weighted by Crippen LogP contribution is -2.41. The number of hydrogen-bond donors (Lipinski definition) is 1. The van der Waals surface area contributed by atoms with Crippen LogP contribution in [0.25, 0.3) is 0 Å². The van der Waals surface area contributed by atoms with E-state index in [4.69, 9.17) is 4.98 Å². The monoisotopic (exact) mass is 351 g/mol. The van der Waals surface area contributed by atoms with Crippen molar-refractivity contribution in [2.75, 3.05) is 11.9 Å². The lowest BCUT2D eigenvalue weighted by Gasteiger charge is -2.37. The Balaban J connectivity index is 1.54. The van der Waals surface area contributed by atoms with Crippen LogP contribution in [0.15, 0.2) is 36.7 Å². The van der Waals surface area contributed by atoms with Gasteiger partial charge in [0, 0.05) is 24.9 Å². The summed E-state index contributed by atoms with van der Waals surface area (Å²) in [4.78, 5) is 28.4. The van der Waals surface area contributed by atoms with Crippen LogP contribution in [0.3, 0.4) is 0 Å². The molecular weight excluding hydrogens is 326 g/mol. The molecule has 2 aromatic heterocycles. The molecule has 1 saturated heterocycles. The molecule has 0 bridgehead atoms. The summed E-state index contributed by atoms with van der Waals surface area (Å²) in [6, 6.07) is 7.67. The highest BCUT2D eigenvalue weighted by molar-refractivity contribution is 5.79. The number of carbonyl (C=O) groups excluding carboxylic acids is 1. The number of anilines is 2. The Kier molecular flexibility index (Phi) is 5.09. The molecule has 2 aromatic rings. The second kappa shape index (κ2) is 7.81. The number of piperidine rings is 1. The van der Waals surface area contributed by atoms with Gasteiger partial charge in [-0.2, -0.15) is 0 Å². The maximum absolute atomic E-state index is 13.0. The molecule has 0 spiro atoms. The molecule has 0 unspecified atom stereocenters. The zero-order valence-electron chi connectivity index (χ0n) is 15.0. The molecule has 3 heterocycles. The van der Waals surface area contributed by atoms with Crippen molar-refractivity contribution >= 4 is 17.7 Å². The zero-order valence-corrected chi connectivity index (χ0v) is 15.0. The molecule has 1 N–H and O–H groups in total. The van der Waals surface area contributed by atoms with Crippen molar-refractivity contribution in [1.82, 2.24) is 19.9 Å². The van der Waals surface area contributed by atoms with E-state index in [2.05, 4.69) is 20.2 Å². The highest BCUT2D eigenvalue weighted by Gasteiger charge is 2.34. The molecule has 4 rings (SSSR count). The number of nitrogens with zero attached hydrogens (tertiary/aromatic N) is 4. The normalized spacial score (nSPS) is 20.9. The molecule has 6 heteroatoms. The molecule has 136 valence electrons. The van der Waals surface area contributed by atoms with Crippen LogP contribution in [-0.4, -0.2) is 32.3 Å². The van der Waals surface area contributed by atoms with Crippen LogP contribution in [0.5, 0.6) is 0 Å². The number of nitrogens with one attached hydrogen (secondary N) is 1. The summed E-state index contributed by atoms with van der Waals surface area (Å²) in [5, 5.41) is 3.15. The van der Waals surface area contributed by atoms with Gasteiger partial charge in [-0.3, -0.25) is 4.79 Å².